The number of ether oxygens (including phenoxy) is 1. The number of aryl methyl sites for hydroxylation is 1. The molecule has 1 N–H and O–H groups in total. The molecule has 2 aromatic rings. The van der Waals surface area contributed by atoms with Crippen molar-refractivity contribution >= 4 is 26.7 Å². The van der Waals surface area contributed by atoms with Gasteiger partial charge in [-0.1, -0.05) is 15.9 Å². The number of phenols is 1. The van der Waals surface area contributed by atoms with Crippen molar-refractivity contribution < 1.29 is 9.84 Å². The van der Waals surface area contributed by atoms with Gasteiger partial charge in [-0.05, 0) is 36.8 Å². The topological polar surface area (TPSA) is 29.5 Å². The molecule has 3 heteroatoms. The molecule has 0 bridgehead atoms. The van der Waals surface area contributed by atoms with Gasteiger partial charge >= 0.3 is 0 Å². The van der Waals surface area contributed by atoms with Crippen LogP contribution in [0.25, 0.3) is 10.8 Å². The van der Waals surface area contributed by atoms with Crippen LogP contribution in [0.4, 0.5) is 0 Å². The zero-order chi connectivity index (χ0) is 11.0. The number of methoxy groups -OCH3 is 1. The van der Waals surface area contributed by atoms with E-state index in [4.69, 9.17) is 4.74 Å². The van der Waals surface area contributed by atoms with Crippen LogP contribution >= 0.6 is 15.9 Å². The third-order valence-electron chi connectivity index (χ3n) is 2.37. The van der Waals surface area contributed by atoms with E-state index in [-0.39, 0.29) is 5.75 Å². The molecule has 0 aliphatic carbocycles. The van der Waals surface area contributed by atoms with Gasteiger partial charge in [0.25, 0.3) is 0 Å². The second-order valence-corrected chi connectivity index (χ2v) is 4.31. The Hall–Kier alpha value is -1.22. The van der Waals surface area contributed by atoms with Gasteiger partial charge in [-0.25, -0.2) is 0 Å². The Labute approximate surface area is 96.6 Å². The summed E-state index contributed by atoms with van der Waals surface area (Å²) in [4.78, 5) is 0. The third kappa shape index (κ3) is 1.67. The maximum Gasteiger partial charge on any atom is 0.130 e. The van der Waals surface area contributed by atoms with E-state index in [9.17, 15) is 5.11 Å². The number of benzene rings is 2. The van der Waals surface area contributed by atoms with Crippen LogP contribution in [0.2, 0.25) is 0 Å². The summed E-state index contributed by atoms with van der Waals surface area (Å²) < 4.78 is 6.18. The van der Waals surface area contributed by atoms with E-state index >= 15 is 0 Å². The number of rotatable bonds is 1. The van der Waals surface area contributed by atoms with Crippen LogP contribution in [-0.4, -0.2) is 12.2 Å². The summed E-state index contributed by atoms with van der Waals surface area (Å²) >= 11 is 3.46. The monoisotopic (exact) mass is 266 g/mol. The average molecular weight is 267 g/mol. The first-order valence-corrected chi connectivity index (χ1v) is 5.38. The first-order chi connectivity index (χ1) is 7.13. The van der Waals surface area contributed by atoms with Crippen LogP contribution in [-0.2, 0) is 0 Å². The molecule has 2 aromatic carbocycles. The molecule has 15 heavy (non-hydrogen) atoms. The van der Waals surface area contributed by atoms with E-state index in [1.54, 1.807) is 13.2 Å². The molecule has 0 aliphatic heterocycles. The lowest BCUT2D eigenvalue weighted by atomic mass is 10.1. The minimum Gasteiger partial charge on any atom is -0.507 e. The third-order valence-corrected chi connectivity index (χ3v) is 3.06. The maximum absolute atomic E-state index is 9.89. The van der Waals surface area contributed by atoms with Gasteiger partial charge in [-0.3, -0.25) is 0 Å². The smallest absolute Gasteiger partial charge is 0.130 e. The minimum atomic E-state index is 0.253. The molecule has 0 aromatic heterocycles. The molecule has 0 aliphatic rings. The molecule has 0 amide bonds. The van der Waals surface area contributed by atoms with Crippen molar-refractivity contribution in [1.82, 2.24) is 0 Å². The largest absolute Gasteiger partial charge is 0.507 e. The molecule has 0 saturated carbocycles. The van der Waals surface area contributed by atoms with Gasteiger partial charge in [0.1, 0.15) is 11.5 Å². The highest BCUT2D eigenvalue weighted by molar-refractivity contribution is 9.10. The predicted octanol–water partition coefficient (Wildman–Crippen LogP) is 3.62. The first kappa shape index (κ1) is 10.3. The first-order valence-electron chi connectivity index (χ1n) is 4.59. The lowest BCUT2D eigenvalue weighted by Crippen LogP contribution is -1.87. The predicted molar refractivity (Wildman–Crippen MR) is 64.6 cm³/mol. The van der Waals surface area contributed by atoms with E-state index in [0.29, 0.717) is 5.75 Å². The molecule has 0 saturated heterocycles. The van der Waals surface area contributed by atoms with Crippen molar-refractivity contribution in [2.24, 2.45) is 0 Å². The summed E-state index contributed by atoms with van der Waals surface area (Å²) in [5.74, 6) is 0.939. The maximum atomic E-state index is 9.89. The molecular formula is C12H11BrO2. The molecule has 0 spiro atoms. The molecule has 0 radical (unpaired) electrons. The number of phenolic OH excluding ortho intramolecular Hbond substituents is 1. The summed E-state index contributed by atoms with van der Waals surface area (Å²) in [7, 11) is 1.60. The summed E-state index contributed by atoms with van der Waals surface area (Å²) in [6, 6.07) is 7.50. The minimum absolute atomic E-state index is 0.253. The fourth-order valence-corrected chi connectivity index (χ4v) is 2.15. The Morgan fingerprint density at radius 1 is 1.27 bits per heavy atom. The van der Waals surface area contributed by atoms with Crippen molar-refractivity contribution in [3.05, 3.63) is 34.3 Å². The van der Waals surface area contributed by atoms with Crippen LogP contribution < -0.4 is 4.74 Å². The Morgan fingerprint density at radius 3 is 2.67 bits per heavy atom. The van der Waals surface area contributed by atoms with E-state index < -0.39 is 0 Å². The van der Waals surface area contributed by atoms with Gasteiger partial charge in [-0.2, -0.15) is 0 Å². The number of fused-ring (bicyclic) bond motifs is 1. The normalized spacial score (nSPS) is 10.6. The zero-order valence-electron chi connectivity index (χ0n) is 8.54. The van der Waals surface area contributed by atoms with Crippen molar-refractivity contribution in [2.45, 2.75) is 6.92 Å². The quantitative estimate of drug-likeness (QED) is 0.855. The van der Waals surface area contributed by atoms with Gasteiger partial charge < -0.3 is 9.84 Å². The summed E-state index contributed by atoms with van der Waals surface area (Å²) in [6.07, 6.45) is 0. The highest BCUT2D eigenvalue weighted by Gasteiger charge is 2.09. The van der Waals surface area contributed by atoms with E-state index in [0.717, 1.165) is 20.8 Å². The molecular weight excluding hydrogens is 256 g/mol. The highest BCUT2D eigenvalue weighted by Crippen LogP contribution is 2.38. The molecule has 0 unspecified atom stereocenters. The van der Waals surface area contributed by atoms with Crippen LogP contribution in [0.1, 0.15) is 5.56 Å². The second-order valence-electron chi connectivity index (χ2n) is 3.46. The Balaban J connectivity index is 2.93. The number of aromatic hydroxyl groups is 1. The standard InChI is InChI=1S/C12H11BrO2/c1-7-5-8-9(13)3-4-11(15-2)12(8)10(14)6-7/h3-6,14H,1-2H3. The Kier molecular flexibility index (Phi) is 2.57. The van der Waals surface area contributed by atoms with E-state index in [1.807, 2.05) is 25.1 Å². The fourth-order valence-electron chi connectivity index (χ4n) is 1.71. The molecule has 78 valence electrons. The van der Waals surface area contributed by atoms with Gasteiger partial charge in [0.15, 0.2) is 0 Å². The average Bonchev–Trinajstić information content (AvgIpc) is 2.19. The van der Waals surface area contributed by atoms with Gasteiger partial charge in [-0.15, -0.1) is 0 Å². The lowest BCUT2D eigenvalue weighted by Gasteiger charge is -2.09. The highest BCUT2D eigenvalue weighted by atomic mass is 79.9. The summed E-state index contributed by atoms with van der Waals surface area (Å²) in [5.41, 5.74) is 1.02. The van der Waals surface area contributed by atoms with Crippen LogP contribution in [0.3, 0.4) is 0 Å². The Morgan fingerprint density at radius 2 is 2.00 bits per heavy atom. The molecule has 2 rings (SSSR count). The number of halogens is 1. The van der Waals surface area contributed by atoms with Gasteiger partial charge in [0.2, 0.25) is 0 Å². The van der Waals surface area contributed by atoms with Crippen LogP contribution in [0, 0.1) is 6.92 Å². The Bertz CT molecular complexity index is 521. The SMILES string of the molecule is COc1ccc(Br)c2cc(C)cc(O)c12. The van der Waals surface area contributed by atoms with Gasteiger partial charge in [0, 0.05) is 9.86 Å². The zero-order valence-corrected chi connectivity index (χ0v) is 10.1. The van der Waals surface area contributed by atoms with Crippen molar-refractivity contribution in [3.8, 4) is 11.5 Å². The van der Waals surface area contributed by atoms with Gasteiger partial charge in [0.05, 0.1) is 12.5 Å². The molecule has 0 heterocycles. The van der Waals surface area contributed by atoms with Crippen molar-refractivity contribution in [2.75, 3.05) is 7.11 Å². The van der Waals surface area contributed by atoms with Crippen LogP contribution in [0.15, 0.2) is 28.7 Å². The second kappa shape index (κ2) is 3.74. The van der Waals surface area contributed by atoms with Crippen LogP contribution in [0.5, 0.6) is 11.5 Å². The molecule has 2 nitrogen and oxygen atoms in total. The lowest BCUT2D eigenvalue weighted by molar-refractivity contribution is 0.416. The number of hydrogen-bond acceptors (Lipinski definition) is 2. The van der Waals surface area contributed by atoms with E-state index in [2.05, 4.69) is 15.9 Å². The fraction of sp³-hybridized carbons (Fsp3) is 0.167. The van der Waals surface area contributed by atoms with Crippen molar-refractivity contribution in [1.29, 1.82) is 0 Å². The molecule has 0 fully saturated rings. The summed E-state index contributed by atoms with van der Waals surface area (Å²) in [5, 5.41) is 11.6. The molecule has 0 atom stereocenters. The summed E-state index contributed by atoms with van der Waals surface area (Å²) in [6.45, 7) is 1.95. The van der Waals surface area contributed by atoms with E-state index in [1.165, 1.54) is 0 Å². The van der Waals surface area contributed by atoms with Crippen molar-refractivity contribution in [3.63, 3.8) is 0 Å². The number of hydrogen-bond donors (Lipinski definition) is 1.